The summed E-state index contributed by atoms with van der Waals surface area (Å²) in [5.74, 6) is -3.00. The van der Waals surface area contributed by atoms with Crippen molar-refractivity contribution in [1.29, 1.82) is 0 Å². The molecule has 2 rings (SSSR count). The van der Waals surface area contributed by atoms with Crippen molar-refractivity contribution < 1.29 is 75.8 Å². The van der Waals surface area contributed by atoms with E-state index in [1.807, 2.05) is 0 Å². The summed E-state index contributed by atoms with van der Waals surface area (Å²) in [5.41, 5.74) is -0.847. The third-order valence-corrected chi connectivity index (χ3v) is 2.71. The van der Waals surface area contributed by atoms with Gasteiger partial charge in [-0.05, 0) is 6.07 Å². The second-order valence-corrected chi connectivity index (χ2v) is 3.84. The van der Waals surface area contributed by atoms with Crippen LogP contribution in [-0.2, 0) is 4.79 Å². The minimum absolute atomic E-state index is 0. The van der Waals surface area contributed by atoms with E-state index in [2.05, 4.69) is 0 Å². The predicted octanol–water partition coefficient (Wildman–Crippen LogP) is -3.67. The molecule has 0 spiro atoms. The zero-order valence-electron chi connectivity index (χ0n) is 10.5. The van der Waals surface area contributed by atoms with Gasteiger partial charge >= 0.3 is 51.4 Å². The molecule has 2 amide bonds. The average Bonchev–Trinajstić information content (AvgIpc) is 2.59. The number of fused-ring (bicyclic) bond motifs is 1. The van der Waals surface area contributed by atoms with Gasteiger partial charge in [0.05, 0.1) is 10.5 Å². The smallest absolute Gasteiger partial charge is 0.550 e. The minimum atomic E-state index is -1.41. The summed E-state index contributed by atoms with van der Waals surface area (Å²) < 4.78 is 0. The monoisotopic (exact) mass is 302 g/mol. The second-order valence-electron chi connectivity index (χ2n) is 3.84. The van der Waals surface area contributed by atoms with Gasteiger partial charge in [0.25, 0.3) is 17.5 Å². The van der Waals surface area contributed by atoms with Crippen LogP contribution in [-0.4, -0.2) is 34.2 Å². The van der Waals surface area contributed by atoms with E-state index in [9.17, 15) is 29.6 Å². The Labute approximate surface area is 155 Å². The number of nitro benzene ring substituents is 1. The van der Waals surface area contributed by atoms with Crippen LogP contribution in [0, 0.1) is 10.1 Å². The van der Waals surface area contributed by atoms with Crippen LogP contribution in [0.4, 0.5) is 5.69 Å². The van der Waals surface area contributed by atoms with Crippen molar-refractivity contribution in [2.75, 3.05) is 6.54 Å². The molecule has 1 aromatic carbocycles. The molecule has 0 radical (unpaired) electrons. The Kier molecular flexibility index (Phi) is 5.54. The number of imide groups is 1. The fraction of sp³-hybridized carbons (Fsp3) is 0.182. The molecule has 20 heavy (non-hydrogen) atoms. The topological polar surface area (TPSA) is 121 Å². The zero-order chi connectivity index (χ0) is 14.2. The normalized spacial score (nSPS) is 12.9. The largest absolute Gasteiger partial charge is 1.00 e. The van der Waals surface area contributed by atoms with E-state index in [0.717, 1.165) is 6.07 Å². The first-order valence-electron chi connectivity index (χ1n) is 5.27. The Hall–Kier alpha value is -1.13. The summed E-state index contributed by atoms with van der Waals surface area (Å²) in [6, 6.07) is 3.71. The van der Waals surface area contributed by atoms with Crippen LogP contribution in [0.2, 0.25) is 0 Å². The van der Waals surface area contributed by atoms with Gasteiger partial charge in [-0.15, -0.1) is 0 Å². The molecule has 0 aliphatic carbocycles. The van der Waals surface area contributed by atoms with E-state index in [4.69, 9.17) is 0 Å². The van der Waals surface area contributed by atoms with E-state index in [-0.39, 0.29) is 69.1 Å². The van der Waals surface area contributed by atoms with Crippen LogP contribution in [0.1, 0.15) is 27.1 Å². The fourth-order valence-corrected chi connectivity index (χ4v) is 1.87. The number of rotatable bonds is 4. The molecule has 0 saturated heterocycles. The summed E-state index contributed by atoms with van der Waals surface area (Å²) in [6.07, 6.45) is -0.515. The SMILES string of the molecule is O=C([O-])CCN1C(=O)c2cccc([N+](=O)[O-])c2C1=O.[K+]. The number of nitrogens with zero attached hydrogens (tertiary/aromatic N) is 2. The second kappa shape index (κ2) is 6.55. The molecule has 0 unspecified atom stereocenters. The first-order valence-corrected chi connectivity index (χ1v) is 5.27. The van der Waals surface area contributed by atoms with Crippen molar-refractivity contribution in [1.82, 2.24) is 4.90 Å². The van der Waals surface area contributed by atoms with Crippen LogP contribution in [0.15, 0.2) is 18.2 Å². The van der Waals surface area contributed by atoms with Crippen LogP contribution < -0.4 is 56.5 Å². The standard InChI is InChI=1S/C11H8N2O6.K/c14-8(15)4-5-12-10(16)6-2-1-3-7(13(18)19)9(6)11(12)17;/h1-3H,4-5H2,(H,14,15);/q;+1/p-1. The van der Waals surface area contributed by atoms with Crippen molar-refractivity contribution in [3.63, 3.8) is 0 Å². The maximum atomic E-state index is 11.9. The molecule has 8 nitrogen and oxygen atoms in total. The summed E-state index contributed by atoms with van der Waals surface area (Å²) in [5, 5.41) is 21.2. The Bertz CT molecular complexity index is 615. The van der Waals surface area contributed by atoms with Crippen LogP contribution in [0.3, 0.4) is 0 Å². The van der Waals surface area contributed by atoms with Gasteiger partial charge in [0, 0.05) is 25.0 Å². The van der Waals surface area contributed by atoms with Crippen molar-refractivity contribution in [2.45, 2.75) is 6.42 Å². The molecule has 0 N–H and O–H groups in total. The number of carbonyl (C=O) groups excluding carboxylic acids is 3. The number of aliphatic carboxylic acids is 1. The summed E-state index contributed by atoms with van der Waals surface area (Å²) in [4.78, 5) is 44.9. The number of carboxylic acids is 1. The van der Waals surface area contributed by atoms with Gasteiger partial charge in [0.1, 0.15) is 5.56 Å². The van der Waals surface area contributed by atoms with Crippen LogP contribution >= 0.6 is 0 Å². The van der Waals surface area contributed by atoms with E-state index in [1.54, 1.807) is 0 Å². The van der Waals surface area contributed by atoms with Crippen molar-refractivity contribution in [2.24, 2.45) is 0 Å². The molecular formula is C11H7KN2O6. The molecule has 0 atom stereocenters. The van der Waals surface area contributed by atoms with E-state index >= 15 is 0 Å². The quantitative estimate of drug-likeness (QED) is 0.244. The van der Waals surface area contributed by atoms with Gasteiger partial charge in [0.15, 0.2) is 0 Å². The van der Waals surface area contributed by atoms with Gasteiger partial charge in [-0.2, -0.15) is 0 Å². The number of hydrogen-bond donors (Lipinski definition) is 0. The third-order valence-electron chi connectivity index (χ3n) is 2.71. The molecule has 0 aromatic heterocycles. The summed E-state index contributed by atoms with van der Waals surface area (Å²) in [7, 11) is 0. The van der Waals surface area contributed by atoms with Gasteiger partial charge in [-0.3, -0.25) is 24.6 Å². The van der Waals surface area contributed by atoms with Crippen molar-refractivity contribution in [3.05, 3.63) is 39.4 Å². The molecular weight excluding hydrogens is 295 g/mol. The number of carboxylic acid groups (broad SMARTS) is 1. The molecule has 0 bridgehead atoms. The van der Waals surface area contributed by atoms with Crippen LogP contribution in [0.25, 0.3) is 0 Å². The van der Waals surface area contributed by atoms with Crippen molar-refractivity contribution in [3.8, 4) is 0 Å². The fourth-order valence-electron chi connectivity index (χ4n) is 1.87. The number of nitro groups is 1. The van der Waals surface area contributed by atoms with Gasteiger partial charge in [-0.25, -0.2) is 0 Å². The summed E-state index contributed by atoms with van der Waals surface area (Å²) in [6.45, 7) is -0.369. The number of hydrogen-bond acceptors (Lipinski definition) is 6. The molecule has 1 aromatic rings. The predicted molar refractivity (Wildman–Crippen MR) is 58.1 cm³/mol. The molecule has 0 saturated carbocycles. The summed E-state index contributed by atoms with van der Waals surface area (Å²) >= 11 is 0. The maximum absolute atomic E-state index is 11.9. The Morgan fingerprint density at radius 3 is 2.45 bits per heavy atom. The van der Waals surface area contributed by atoms with Crippen molar-refractivity contribution >= 4 is 23.5 Å². The van der Waals surface area contributed by atoms with E-state index in [1.165, 1.54) is 12.1 Å². The average molecular weight is 302 g/mol. The Morgan fingerprint density at radius 2 is 1.90 bits per heavy atom. The molecule has 98 valence electrons. The zero-order valence-corrected chi connectivity index (χ0v) is 13.6. The van der Waals surface area contributed by atoms with E-state index in [0.29, 0.717) is 4.90 Å². The number of amides is 2. The van der Waals surface area contributed by atoms with Gasteiger partial charge < -0.3 is 9.90 Å². The number of benzene rings is 1. The first-order chi connectivity index (χ1) is 8.93. The van der Waals surface area contributed by atoms with Gasteiger partial charge in [0.2, 0.25) is 0 Å². The molecule has 1 aliphatic rings. The third kappa shape index (κ3) is 2.96. The first kappa shape index (κ1) is 16.9. The number of carbonyl (C=O) groups is 3. The molecule has 9 heteroatoms. The molecule has 0 fully saturated rings. The Balaban J connectivity index is 0.00000200. The van der Waals surface area contributed by atoms with Crippen LogP contribution in [0.5, 0.6) is 0 Å². The minimum Gasteiger partial charge on any atom is -0.550 e. The maximum Gasteiger partial charge on any atom is 1.00 e. The van der Waals surface area contributed by atoms with Gasteiger partial charge in [-0.1, -0.05) is 6.07 Å². The molecule has 1 heterocycles. The Morgan fingerprint density at radius 1 is 1.25 bits per heavy atom. The molecule has 1 aliphatic heterocycles. The van der Waals surface area contributed by atoms with E-state index < -0.39 is 34.8 Å².